The number of piperidine rings is 1. The molecule has 136 valence electrons. The monoisotopic (exact) mass is 392 g/mol. The van der Waals surface area contributed by atoms with E-state index in [1.165, 1.54) is 11.8 Å². The SMILES string of the molecule is NCC1(F)CCN(c2cnc3c(Sc4ccccc4Cl)n[nH]c3n2)CC1. The predicted octanol–water partition coefficient (Wildman–Crippen LogP) is 3.42. The van der Waals surface area contributed by atoms with Crippen LogP contribution in [0.15, 0.2) is 40.4 Å². The summed E-state index contributed by atoms with van der Waals surface area (Å²) in [5.41, 5.74) is 5.56. The van der Waals surface area contributed by atoms with E-state index in [4.69, 9.17) is 17.3 Å². The van der Waals surface area contributed by atoms with Crippen molar-refractivity contribution in [2.24, 2.45) is 5.73 Å². The van der Waals surface area contributed by atoms with Crippen LogP contribution >= 0.6 is 23.4 Å². The Morgan fingerprint density at radius 3 is 2.81 bits per heavy atom. The van der Waals surface area contributed by atoms with Crippen LogP contribution < -0.4 is 10.6 Å². The second-order valence-corrected chi connectivity index (χ2v) is 7.77. The number of nitrogens with two attached hydrogens (primary N) is 1. The Labute approximate surface area is 159 Å². The molecule has 1 aliphatic heterocycles. The Morgan fingerprint density at radius 2 is 2.08 bits per heavy atom. The summed E-state index contributed by atoms with van der Waals surface area (Å²) in [6, 6.07) is 7.58. The van der Waals surface area contributed by atoms with Crippen LogP contribution in [0.4, 0.5) is 10.2 Å². The highest BCUT2D eigenvalue weighted by atomic mass is 35.5. The smallest absolute Gasteiger partial charge is 0.177 e. The van der Waals surface area contributed by atoms with E-state index < -0.39 is 5.67 Å². The summed E-state index contributed by atoms with van der Waals surface area (Å²) in [5.74, 6) is 0.717. The van der Waals surface area contributed by atoms with E-state index in [-0.39, 0.29) is 6.54 Å². The molecule has 0 atom stereocenters. The van der Waals surface area contributed by atoms with E-state index in [1.54, 1.807) is 6.20 Å². The minimum atomic E-state index is -1.26. The number of hydrogen-bond donors (Lipinski definition) is 2. The van der Waals surface area contributed by atoms with Gasteiger partial charge in [0.15, 0.2) is 10.7 Å². The van der Waals surface area contributed by atoms with Gasteiger partial charge >= 0.3 is 0 Å². The summed E-state index contributed by atoms with van der Waals surface area (Å²) in [5, 5.41) is 8.63. The summed E-state index contributed by atoms with van der Waals surface area (Å²) in [6.45, 7) is 1.21. The molecule has 0 aliphatic carbocycles. The van der Waals surface area contributed by atoms with Crippen LogP contribution in [0.1, 0.15) is 12.8 Å². The molecular weight excluding hydrogens is 375 g/mol. The summed E-state index contributed by atoms with van der Waals surface area (Å²) in [6.07, 6.45) is 2.52. The molecule has 0 radical (unpaired) electrons. The van der Waals surface area contributed by atoms with E-state index >= 15 is 0 Å². The van der Waals surface area contributed by atoms with Crippen LogP contribution in [0.2, 0.25) is 5.02 Å². The highest BCUT2D eigenvalue weighted by molar-refractivity contribution is 7.99. The zero-order valence-corrected chi connectivity index (χ0v) is 15.5. The third-order valence-corrected chi connectivity index (χ3v) is 6.11. The van der Waals surface area contributed by atoms with Gasteiger partial charge in [-0.3, -0.25) is 5.10 Å². The second kappa shape index (κ2) is 7.02. The number of anilines is 1. The fourth-order valence-corrected chi connectivity index (χ4v) is 4.08. The molecule has 0 spiro atoms. The number of alkyl halides is 1. The highest BCUT2D eigenvalue weighted by Crippen LogP contribution is 2.35. The average molecular weight is 393 g/mol. The first-order valence-corrected chi connectivity index (χ1v) is 9.55. The molecule has 26 heavy (non-hydrogen) atoms. The lowest BCUT2D eigenvalue weighted by atomic mass is 9.93. The lowest BCUT2D eigenvalue weighted by molar-refractivity contribution is 0.135. The first-order chi connectivity index (χ1) is 12.6. The summed E-state index contributed by atoms with van der Waals surface area (Å²) in [7, 11) is 0. The molecule has 2 aromatic heterocycles. The van der Waals surface area contributed by atoms with Gasteiger partial charge in [-0.15, -0.1) is 0 Å². The van der Waals surface area contributed by atoms with E-state index in [1.807, 2.05) is 29.2 Å². The van der Waals surface area contributed by atoms with Crippen LogP contribution in [-0.2, 0) is 0 Å². The standard InChI is InChI=1S/C17H18ClFN6S/c18-11-3-1-2-4-12(11)26-16-14-15(23-24-16)22-13(9-21-14)25-7-5-17(19,10-20)6-8-25/h1-4,9H,5-8,10,20H2,(H,22,23,24). The number of hydrogen-bond acceptors (Lipinski definition) is 6. The molecule has 1 fully saturated rings. The zero-order valence-electron chi connectivity index (χ0n) is 14.0. The van der Waals surface area contributed by atoms with Gasteiger partial charge in [-0.05, 0) is 12.1 Å². The van der Waals surface area contributed by atoms with Gasteiger partial charge in [0.1, 0.15) is 17.0 Å². The van der Waals surface area contributed by atoms with Crippen LogP contribution in [-0.4, -0.2) is 45.5 Å². The van der Waals surface area contributed by atoms with Gasteiger partial charge in [0.05, 0.1) is 11.2 Å². The Hall–Kier alpha value is -1.90. The van der Waals surface area contributed by atoms with Crippen LogP contribution in [0.25, 0.3) is 11.2 Å². The number of nitrogens with zero attached hydrogens (tertiary/aromatic N) is 4. The van der Waals surface area contributed by atoms with Crippen molar-refractivity contribution in [2.45, 2.75) is 28.4 Å². The Bertz CT molecular complexity index is 925. The number of halogens is 2. The molecule has 1 saturated heterocycles. The van der Waals surface area contributed by atoms with Gasteiger partial charge in [0.2, 0.25) is 0 Å². The third kappa shape index (κ3) is 3.36. The predicted molar refractivity (Wildman–Crippen MR) is 102 cm³/mol. The summed E-state index contributed by atoms with van der Waals surface area (Å²) < 4.78 is 14.3. The Morgan fingerprint density at radius 1 is 1.31 bits per heavy atom. The highest BCUT2D eigenvalue weighted by Gasteiger charge is 2.33. The van der Waals surface area contributed by atoms with Gasteiger partial charge < -0.3 is 10.6 Å². The van der Waals surface area contributed by atoms with Crippen LogP contribution in [0.3, 0.4) is 0 Å². The minimum Gasteiger partial charge on any atom is -0.355 e. The molecule has 3 heterocycles. The van der Waals surface area contributed by atoms with Gasteiger partial charge in [-0.25, -0.2) is 14.4 Å². The summed E-state index contributed by atoms with van der Waals surface area (Å²) in [4.78, 5) is 12.1. The normalized spacial score (nSPS) is 17.0. The van der Waals surface area contributed by atoms with E-state index in [2.05, 4.69) is 20.2 Å². The molecule has 9 heteroatoms. The van der Waals surface area contributed by atoms with Crippen LogP contribution in [0.5, 0.6) is 0 Å². The van der Waals surface area contributed by atoms with Gasteiger partial charge in [0.25, 0.3) is 0 Å². The zero-order chi connectivity index (χ0) is 18.1. The van der Waals surface area contributed by atoms with Crippen LogP contribution in [0, 0.1) is 0 Å². The topological polar surface area (TPSA) is 83.7 Å². The Balaban J connectivity index is 1.55. The number of aromatic nitrogens is 4. The maximum Gasteiger partial charge on any atom is 0.177 e. The van der Waals surface area contributed by atoms with Gasteiger partial charge in [-0.2, -0.15) is 5.10 Å². The third-order valence-electron chi connectivity index (χ3n) is 4.62. The lowest BCUT2D eigenvalue weighted by Gasteiger charge is -2.36. The van der Waals surface area contributed by atoms with Gasteiger partial charge in [0, 0.05) is 37.4 Å². The molecule has 3 aromatic rings. The fraction of sp³-hybridized carbons (Fsp3) is 0.353. The quantitative estimate of drug-likeness (QED) is 0.707. The van der Waals surface area contributed by atoms with Crippen molar-refractivity contribution in [3.8, 4) is 0 Å². The first kappa shape index (κ1) is 17.5. The Kier molecular flexibility index (Phi) is 4.73. The number of rotatable bonds is 4. The summed E-state index contributed by atoms with van der Waals surface area (Å²) >= 11 is 7.65. The number of H-pyrrole nitrogens is 1. The van der Waals surface area contributed by atoms with Gasteiger partial charge in [-0.1, -0.05) is 35.5 Å². The lowest BCUT2D eigenvalue weighted by Crippen LogP contribution is -2.46. The van der Waals surface area contributed by atoms with Crippen molar-refractivity contribution in [1.29, 1.82) is 0 Å². The molecule has 3 N–H and O–H groups in total. The molecule has 0 amide bonds. The molecule has 4 rings (SSSR count). The van der Waals surface area contributed by atoms with Crippen molar-refractivity contribution >= 4 is 40.3 Å². The second-order valence-electron chi connectivity index (χ2n) is 6.33. The molecule has 0 saturated carbocycles. The maximum absolute atomic E-state index is 14.3. The minimum absolute atomic E-state index is 0.0642. The van der Waals surface area contributed by atoms with E-state index in [9.17, 15) is 4.39 Å². The number of aromatic amines is 1. The molecule has 0 bridgehead atoms. The molecular formula is C17H18ClFN6S. The first-order valence-electron chi connectivity index (χ1n) is 8.35. The van der Waals surface area contributed by atoms with E-state index in [0.717, 1.165) is 15.7 Å². The largest absolute Gasteiger partial charge is 0.355 e. The maximum atomic E-state index is 14.3. The van der Waals surface area contributed by atoms with E-state index in [0.29, 0.717) is 42.1 Å². The molecule has 1 aliphatic rings. The number of nitrogens with one attached hydrogen (secondary N) is 1. The molecule has 6 nitrogen and oxygen atoms in total. The average Bonchev–Trinajstić information content (AvgIpc) is 3.06. The van der Waals surface area contributed by atoms with Crippen molar-refractivity contribution < 1.29 is 4.39 Å². The van der Waals surface area contributed by atoms with Crippen molar-refractivity contribution in [3.63, 3.8) is 0 Å². The fourth-order valence-electron chi connectivity index (χ4n) is 2.97. The molecule has 0 unspecified atom stereocenters. The van der Waals surface area contributed by atoms with Crippen molar-refractivity contribution in [1.82, 2.24) is 20.2 Å². The molecule has 1 aromatic carbocycles. The van der Waals surface area contributed by atoms with Crippen molar-refractivity contribution in [2.75, 3.05) is 24.5 Å². The van der Waals surface area contributed by atoms with Crippen molar-refractivity contribution in [3.05, 3.63) is 35.5 Å². The number of fused-ring (bicyclic) bond motifs is 1. The number of benzene rings is 1.